The van der Waals surface area contributed by atoms with Gasteiger partial charge >= 0.3 is 0 Å². The lowest BCUT2D eigenvalue weighted by Gasteiger charge is -2.13. The maximum absolute atomic E-state index is 12.2. The van der Waals surface area contributed by atoms with Crippen molar-refractivity contribution in [2.45, 2.75) is 32.2 Å². The number of thiophene rings is 2. The number of carbonyl (C=O) groups excluding carboxylic acids is 1. The van der Waals surface area contributed by atoms with Crippen LogP contribution in [-0.2, 0) is 17.6 Å². The van der Waals surface area contributed by atoms with E-state index in [1.807, 2.05) is 24.4 Å². The highest BCUT2D eigenvalue weighted by molar-refractivity contribution is 7.19. The summed E-state index contributed by atoms with van der Waals surface area (Å²) < 4.78 is 5.73. The molecule has 1 aliphatic rings. The summed E-state index contributed by atoms with van der Waals surface area (Å²) in [5.41, 5.74) is 1.30. The summed E-state index contributed by atoms with van der Waals surface area (Å²) in [6, 6.07) is 3.98. The zero-order chi connectivity index (χ0) is 16.5. The third-order valence-corrected chi connectivity index (χ3v) is 6.41. The van der Waals surface area contributed by atoms with Crippen LogP contribution in [0, 0.1) is 0 Å². The van der Waals surface area contributed by atoms with Gasteiger partial charge in [0.2, 0.25) is 5.88 Å². The van der Waals surface area contributed by atoms with Crippen molar-refractivity contribution in [3.63, 3.8) is 0 Å². The van der Waals surface area contributed by atoms with E-state index in [9.17, 15) is 4.79 Å². The molecule has 1 amide bonds. The minimum Gasteiger partial charge on any atom is -0.467 e. The zero-order valence-corrected chi connectivity index (χ0v) is 14.9. The normalized spacial score (nSPS) is 14.5. The molecule has 0 aliphatic heterocycles. The van der Waals surface area contributed by atoms with Crippen LogP contribution in [0.1, 0.15) is 34.7 Å². The van der Waals surface area contributed by atoms with Gasteiger partial charge in [0.05, 0.1) is 11.4 Å². The molecule has 124 valence electrons. The van der Waals surface area contributed by atoms with Crippen molar-refractivity contribution < 1.29 is 9.53 Å². The standard InChI is InChI=1S/C17H17N3O2S2/c1-10(12-6-3-7-23-12)20-14(21)8-22-16-15-11-4-2-5-13(11)24-17(15)19-9-18-16/h3,6-7,9-10H,2,4-5,8H2,1H3,(H,20,21). The molecule has 0 radical (unpaired) electrons. The van der Waals surface area contributed by atoms with E-state index in [-0.39, 0.29) is 18.6 Å². The summed E-state index contributed by atoms with van der Waals surface area (Å²) in [4.78, 5) is 24.2. The number of amides is 1. The Morgan fingerprint density at radius 1 is 1.42 bits per heavy atom. The van der Waals surface area contributed by atoms with Crippen molar-refractivity contribution in [3.8, 4) is 5.88 Å². The second kappa shape index (κ2) is 6.49. The van der Waals surface area contributed by atoms with Crippen molar-refractivity contribution in [3.05, 3.63) is 39.2 Å². The predicted molar refractivity (Wildman–Crippen MR) is 95.8 cm³/mol. The summed E-state index contributed by atoms with van der Waals surface area (Å²) >= 11 is 3.34. The predicted octanol–water partition coefficient (Wildman–Crippen LogP) is 3.50. The van der Waals surface area contributed by atoms with Crippen LogP contribution in [0.3, 0.4) is 0 Å². The van der Waals surface area contributed by atoms with Gasteiger partial charge < -0.3 is 10.1 Å². The van der Waals surface area contributed by atoms with E-state index in [4.69, 9.17) is 4.74 Å². The maximum Gasteiger partial charge on any atom is 0.258 e. The topological polar surface area (TPSA) is 64.1 Å². The van der Waals surface area contributed by atoms with Gasteiger partial charge in [-0.1, -0.05) is 6.07 Å². The number of rotatable bonds is 5. The molecule has 5 nitrogen and oxygen atoms in total. The molecule has 1 unspecified atom stereocenters. The van der Waals surface area contributed by atoms with Gasteiger partial charge in [-0.15, -0.1) is 22.7 Å². The Hall–Kier alpha value is -1.99. The molecule has 24 heavy (non-hydrogen) atoms. The Balaban J connectivity index is 1.46. The monoisotopic (exact) mass is 359 g/mol. The molecule has 4 rings (SSSR count). The van der Waals surface area contributed by atoms with Gasteiger partial charge in [0.15, 0.2) is 6.61 Å². The smallest absolute Gasteiger partial charge is 0.258 e. The number of aromatic nitrogens is 2. The van der Waals surface area contributed by atoms with Crippen LogP contribution in [-0.4, -0.2) is 22.5 Å². The van der Waals surface area contributed by atoms with Gasteiger partial charge in [-0.2, -0.15) is 0 Å². The Bertz CT molecular complexity index is 873. The van der Waals surface area contributed by atoms with Crippen molar-refractivity contribution in [2.75, 3.05) is 6.61 Å². The minimum atomic E-state index is -0.144. The second-order valence-corrected chi connectivity index (χ2v) is 7.87. The lowest BCUT2D eigenvalue weighted by molar-refractivity contribution is -0.123. The zero-order valence-electron chi connectivity index (χ0n) is 13.2. The fraction of sp³-hybridized carbons (Fsp3) is 0.353. The van der Waals surface area contributed by atoms with Gasteiger partial charge in [0, 0.05) is 9.75 Å². The molecule has 0 saturated heterocycles. The van der Waals surface area contributed by atoms with E-state index < -0.39 is 0 Å². The molecule has 3 heterocycles. The molecule has 3 aromatic rings. The number of nitrogens with one attached hydrogen (secondary N) is 1. The first-order valence-electron chi connectivity index (χ1n) is 7.93. The van der Waals surface area contributed by atoms with E-state index in [0.717, 1.165) is 27.9 Å². The molecule has 0 spiro atoms. The fourth-order valence-electron chi connectivity index (χ4n) is 3.03. The Morgan fingerprint density at radius 2 is 2.33 bits per heavy atom. The quantitative estimate of drug-likeness (QED) is 0.757. The second-order valence-electron chi connectivity index (χ2n) is 5.81. The maximum atomic E-state index is 12.2. The average molecular weight is 359 g/mol. The van der Waals surface area contributed by atoms with E-state index in [0.29, 0.717) is 5.88 Å². The van der Waals surface area contributed by atoms with Crippen LogP contribution in [0.4, 0.5) is 0 Å². The number of nitrogens with zero attached hydrogens (tertiary/aromatic N) is 2. The van der Waals surface area contributed by atoms with E-state index in [1.165, 1.54) is 23.2 Å². The molecule has 1 N–H and O–H groups in total. The van der Waals surface area contributed by atoms with Gasteiger partial charge in [0.1, 0.15) is 11.2 Å². The highest BCUT2D eigenvalue weighted by Crippen LogP contribution is 2.39. The SMILES string of the molecule is CC(NC(=O)COc1ncnc2sc3c(c12)CCC3)c1cccs1. The van der Waals surface area contributed by atoms with Gasteiger partial charge in [-0.05, 0) is 43.2 Å². The number of fused-ring (bicyclic) bond motifs is 3. The summed E-state index contributed by atoms with van der Waals surface area (Å²) in [6.07, 6.45) is 4.83. The van der Waals surface area contributed by atoms with Crippen LogP contribution in [0.15, 0.2) is 23.8 Å². The average Bonchev–Trinajstić information content (AvgIpc) is 3.28. The molecular weight excluding hydrogens is 342 g/mol. The summed E-state index contributed by atoms with van der Waals surface area (Å²) in [7, 11) is 0. The van der Waals surface area contributed by atoms with Crippen LogP contribution < -0.4 is 10.1 Å². The highest BCUT2D eigenvalue weighted by Gasteiger charge is 2.22. The van der Waals surface area contributed by atoms with Crippen molar-refractivity contribution in [1.82, 2.24) is 15.3 Å². The lowest BCUT2D eigenvalue weighted by atomic mass is 10.2. The Labute approximate surface area is 147 Å². The first kappa shape index (κ1) is 15.5. The minimum absolute atomic E-state index is 0.0167. The van der Waals surface area contributed by atoms with Crippen LogP contribution in [0.25, 0.3) is 10.2 Å². The number of hydrogen-bond donors (Lipinski definition) is 1. The van der Waals surface area contributed by atoms with Gasteiger partial charge in [-0.25, -0.2) is 9.97 Å². The third kappa shape index (κ3) is 2.89. The first-order chi connectivity index (χ1) is 11.7. The number of carbonyl (C=O) groups is 1. The van der Waals surface area contributed by atoms with Crippen molar-refractivity contribution in [2.24, 2.45) is 0 Å². The first-order valence-corrected chi connectivity index (χ1v) is 9.63. The number of ether oxygens (including phenoxy) is 1. The molecule has 0 aromatic carbocycles. The third-order valence-electron chi connectivity index (χ3n) is 4.15. The Kier molecular flexibility index (Phi) is 4.20. The van der Waals surface area contributed by atoms with Crippen LogP contribution in [0.5, 0.6) is 5.88 Å². The summed E-state index contributed by atoms with van der Waals surface area (Å²) in [5.74, 6) is 0.382. The molecule has 7 heteroatoms. The number of hydrogen-bond acceptors (Lipinski definition) is 6. The fourth-order valence-corrected chi connectivity index (χ4v) is 4.99. The van der Waals surface area contributed by atoms with E-state index in [2.05, 4.69) is 15.3 Å². The molecule has 0 saturated carbocycles. The van der Waals surface area contributed by atoms with Crippen LogP contribution in [0.2, 0.25) is 0 Å². The molecule has 1 atom stereocenters. The lowest BCUT2D eigenvalue weighted by Crippen LogP contribution is -2.31. The van der Waals surface area contributed by atoms with Gasteiger partial charge in [-0.3, -0.25) is 4.79 Å². The van der Waals surface area contributed by atoms with Crippen molar-refractivity contribution >= 4 is 38.8 Å². The van der Waals surface area contributed by atoms with Crippen molar-refractivity contribution in [1.29, 1.82) is 0 Å². The summed E-state index contributed by atoms with van der Waals surface area (Å²) in [5, 5.41) is 5.95. The van der Waals surface area contributed by atoms with E-state index in [1.54, 1.807) is 22.7 Å². The molecule has 0 bridgehead atoms. The summed E-state index contributed by atoms with van der Waals surface area (Å²) in [6.45, 7) is 1.94. The molecule has 0 fully saturated rings. The van der Waals surface area contributed by atoms with Crippen LogP contribution >= 0.6 is 22.7 Å². The molecular formula is C17H17N3O2S2. The largest absolute Gasteiger partial charge is 0.467 e. The Morgan fingerprint density at radius 3 is 3.17 bits per heavy atom. The molecule has 3 aromatic heterocycles. The molecule has 1 aliphatic carbocycles. The highest BCUT2D eigenvalue weighted by atomic mass is 32.1. The van der Waals surface area contributed by atoms with Gasteiger partial charge in [0.25, 0.3) is 5.91 Å². The number of aryl methyl sites for hydroxylation is 2. The van der Waals surface area contributed by atoms with E-state index >= 15 is 0 Å².